The predicted molar refractivity (Wildman–Crippen MR) is 153 cm³/mol. The summed E-state index contributed by atoms with van der Waals surface area (Å²) in [5.74, 6) is -0.968. The number of fused-ring (bicyclic) bond motifs is 2. The number of carbonyl (C=O) groups is 2. The lowest BCUT2D eigenvalue weighted by atomic mass is 9.77. The third-order valence-electron chi connectivity index (χ3n) is 7.48. The van der Waals surface area contributed by atoms with Gasteiger partial charge in [-0.25, -0.2) is 14.4 Å². The quantitative estimate of drug-likeness (QED) is 0.245. The van der Waals surface area contributed by atoms with Gasteiger partial charge < -0.3 is 16.2 Å². The summed E-state index contributed by atoms with van der Waals surface area (Å²) in [7, 11) is 0. The number of hydrogen-bond donors (Lipinski definition) is 3. The molecule has 0 radical (unpaired) electrons. The van der Waals surface area contributed by atoms with Crippen LogP contribution in [0.2, 0.25) is 5.02 Å². The molecule has 206 valence electrons. The summed E-state index contributed by atoms with van der Waals surface area (Å²) in [5.41, 5.74) is 8.84. The van der Waals surface area contributed by atoms with Crippen LogP contribution in [0.3, 0.4) is 0 Å². The number of anilines is 2. The number of carbonyl (C=O) groups excluding carboxylic acids is 1. The second kappa shape index (κ2) is 9.97. The normalized spacial score (nSPS) is 16.1. The van der Waals surface area contributed by atoms with Crippen LogP contribution >= 0.6 is 11.6 Å². The minimum Gasteiger partial charge on any atom is -0.481 e. The van der Waals surface area contributed by atoms with Crippen LogP contribution in [0.4, 0.5) is 16.0 Å². The lowest BCUT2D eigenvalue weighted by Crippen LogP contribution is -2.33. The molecule has 0 spiro atoms. The van der Waals surface area contributed by atoms with Crippen LogP contribution < -0.4 is 11.1 Å². The zero-order valence-corrected chi connectivity index (χ0v) is 22.6. The average Bonchev–Trinajstić information content (AvgIpc) is 3.43. The fraction of sp³-hybridized carbons (Fsp3) is 0.167. The molecule has 3 aromatic carbocycles. The maximum atomic E-state index is 14.4. The van der Waals surface area contributed by atoms with Crippen molar-refractivity contribution in [2.24, 2.45) is 0 Å². The Hall–Kier alpha value is -4.83. The van der Waals surface area contributed by atoms with E-state index in [0.29, 0.717) is 44.7 Å². The molecule has 41 heavy (non-hydrogen) atoms. The van der Waals surface area contributed by atoms with E-state index in [1.807, 2.05) is 0 Å². The fourth-order valence-corrected chi connectivity index (χ4v) is 5.44. The molecule has 1 atom stereocenters. The van der Waals surface area contributed by atoms with E-state index >= 15 is 0 Å². The van der Waals surface area contributed by atoms with Crippen molar-refractivity contribution < 1.29 is 19.1 Å². The number of aryl methyl sites for hydroxylation is 1. The van der Waals surface area contributed by atoms with E-state index in [9.17, 15) is 14.0 Å². The number of aliphatic carboxylic acids is 1. The van der Waals surface area contributed by atoms with Crippen LogP contribution in [0.5, 0.6) is 0 Å². The highest BCUT2D eigenvalue weighted by Gasteiger charge is 2.47. The van der Waals surface area contributed by atoms with Crippen molar-refractivity contribution in [1.82, 2.24) is 19.7 Å². The predicted octanol–water partition coefficient (Wildman–Crippen LogP) is 5.19. The van der Waals surface area contributed by atoms with Crippen molar-refractivity contribution in [3.05, 3.63) is 99.8 Å². The molecule has 11 heteroatoms. The summed E-state index contributed by atoms with van der Waals surface area (Å²) in [4.78, 5) is 33.5. The number of nitrogens with zero attached hydrogens (tertiary/aromatic N) is 4. The molecule has 1 aliphatic rings. The Kier molecular flexibility index (Phi) is 6.42. The van der Waals surface area contributed by atoms with Gasteiger partial charge in [0.05, 0.1) is 17.6 Å². The summed E-state index contributed by atoms with van der Waals surface area (Å²) < 4.78 is 16.1. The van der Waals surface area contributed by atoms with Crippen molar-refractivity contribution in [2.45, 2.75) is 31.7 Å². The molecule has 0 saturated heterocycles. The van der Waals surface area contributed by atoms with Gasteiger partial charge in [0.15, 0.2) is 5.82 Å². The van der Waals surface area contributed by atoms with E-state index < -0.39 is 11.4 Å². The lowest BCUT2D eigenvalue weighted by molar-refractivity contribution is -0.137. The molecular formula is C30H24ClFN6O3. The SMILES string of the molecule is C[C@]1(c2ccc(CCC(=O)O)cc2)C(=O)Nc2nc(-c3nn(Cc4ccccc4F)c4ccc(Cl)cc34)nc(N)c21. The zero-order chi connectivity index (χ0) is 28.9. The minimum atomic E-state index is -1.17. The van der Waals surface area contributed by atoms with E-state index in [2.05, 4.69) is 15.3 Å². The monoisotopic (exact) mass is 570 g/mol. The maximum Gasteiger partial charge on any atom is 0.303 e. The maximum absolute atomic E-state index is 14.4. The molecule has 3 heterocycles. The van der Waals surface area contributed by atoms with Crippen molar-refractivity contribution in [1.29, 1.82) is 0 Å². The molecule has 0 bridgehead atoms. The van der Waals surface area contributed by atoms with Gasteiger partial charge in [-0.05, 0) is 48.7 Å². The molecule has 9 nitrogen and oxygen atoms in total. The van der Waals surface area contributed by atoms with E-state index in [0.717, 1.165) is 5.56 Å². The van der Waals surface area contributed by atoms with Gasteiger partial charge in [0.1, 0.15) is 28.6 Å². The highest BCUT2D eigenvalue weighted by molar-refractivity contribution is 6.31. The molecule has 0 aliphatic carbocycles. The van der Waals surface area contributed by atoms with Crippen molar-refractivity contribution in [2.75, 3.05) is 11.1 Å². The number of carboxylic acid groups (broad SMARTS) is 1. The van der Waals surface area contributed by atoms with Crippen LogP contribution in [0.25, 0.3) is 22.4 Å². The van der Waals surface area contributed by atoms with Crippen LogP contribution in [0, 0.1) is 5.82 Å². The van der Waals surface area contributed by atoms with Crippen LogP contribution in [0.1, 0.15) is 35.6 Å². The third-order valence-corrected chi connectivity index (χ3v) is 7.72. The number of hydrogen-bond acceptors (Lipinski definition) is 6. The largest absolute Gasteiger partial charge is 0.481 e. The molecule has 6 rings (SSSR count). The Labute approximate surface area is 238 Å². The first-order valence-corrected chi connectivity index (χ1v) is 13.2. The second-order valence-corrected chi connectivity index (χ2v) is 10.5. The van der Waals surface area contributed by atoms with Gasteiger partial charge in [-0.2, -0.15) is 5.10 Å². The molecule has 2 aromatic heterocycles. The van der Waals surface area contributed by atoms with Gasteiger partial charge in [-0.3, -0.25) is 14.3 Å². The number of rotatable bonds is 7. The Morgan fingerprint density at radius 3 is 2.61 bits per heavy atom. The first kappa shape index (κ1) is 26.4. The topological polar surface area (TPSA) is 136 Å². The number of carboxylic acids is 1. The van der Waals surface area contributed by atoms with Crippen LogP contribution in [0.15, 0.2) is 66.7 Å². The third kappa shape index (κ3) is 4.55. The van der Waals surface area contributed by atoms with Gasteiger partial charge in [0, 0.05) is 22.4 Å². The van der Waals surface area contributed by atoms with Gasteiger partial charge in [0.25, 0.3) is 0 Å². The molecular weight excluding hydrogens is 547 g/mol. The van der Waals surface area contributed by atoms with Gasteiger partial charge in [-0.15, -0.1) is 0 Å². The molecule has 1 aliphatic heterocycles. The number of nitrogens with two attached hydrogens (primary N) is 1. The second-order valence-electron chi connectivity index (χ2n) is 10.1. The number of nitrogen functional groups attached to an aromatic ring is 1. The molecule has 1 amide bonds. The number of nitrogens with one attached hydrogen (secondary N) is 1. The Morgan fingerprint density at radius 2 is 1.88 bits per heavy atom. The average molecular weight is 571 g/mol. The summed E-state index contributed by atoms with van der Waals surface area (Å²) in [5, 5.41) is 17.7. The van der Waals surface area contributed by atoms with Gasteiger partial charge in [0.2, 0.25) is 5.91 Å². The number of aromatic nitrogens is 4. The van der Waals surface area contributed by atoms with Crippen molar-refractivity contribution >= 4 is 46.0 Å². The van der Waals surface area contributed by atoms with E-state index in [1.165, 1.54) is 6.07 Å². The van der Waals surface area contributed by atoms with E-state index in [4.69, 9.17) is 27.5 Å². The lowest BCUT2D eigenvalue weighted by Gasteiger charge is -2.23. The first-order valence-electron chi connectivity index (χ1n) is 12.9. The van der Waals surface area contributed by atoms with Crippen LogP contribution in [-0.2, 0) is 28.0 Å². The van der Waals surface area contributed by atoms with Crippen molar-refractivity contribution in [3.63, 3.8) is 0 Å². The summed E-state index contributed by atoms with van der Waals surface area (Å²) in [6, 6.07) is 18.9. The van der Waals surface area contributed by atoms with Crippen molar-refractivity contribution in [3.8, 4) is 11.5 Å². The van der Waals surface area contributed by atoms with Gasteiger partial charge in [-0.1, -0.05) is 54.1 Å². The number of amides is 1. The Balaban J connectivity index is 1.42. The molecule has 0 saturated carbocycles. The first-order chi connectivity index (χ1) is 19.6. The van der Waals surface area contributed by atoms with Crippen LogP contribution in [-0.4, -0.2) is 36.7 Å². The summed E-state index contributed by atoms with van der Waals surface area (Å²) >= 11 is 6.32. The molecule has 5 aromatic rings. The summed E-state index contributed by atoms with van der Waals surface area (Å²) in [6.07, 6.45) is 0.394. The fourth-order valence-electron chi connectivity index (χ4n) is 5.27. The summed E-state index contributed by atoms with van der Waals surface area (Å²) in [6.45, 7) is 1.92. The number of halogens is 2. The zero-order valence-electron chi connectivity index (χ0n) is 21.9. The van der Waals surface area contributed by atoms with E-state index in [-0.39, 0.29) is 42.2 Å². The van der Waals surface area contributed by atoms with Gasteiger partial charge >= 0.3 is 5.97 Å². The highest BCUT2D eigenvalue weighted by atomic mass is 35.5. The minimum absolute atomic E-state index is 0.0133. The highest BCUT2D eigenvalue weighted by Crippen LogP contribution is 2.45. The Morgan fingerprint density at radius 1 is 1.12 bits per heavy atom. The Bertz CT molecular complexity index is 1860. The molecule has 0 fully saturated rings. The number of benzene rings is 3. The molecule has 4 N–H and O–H groups in total. The van der Waals surface area contributed by atoms with E-state index in [1.54, 1.807) is 72.3 Å². The smallest absolute Gasteiger partial charge is 0.303 e. The molecule has 0 unspecified atom stereocenters. The standard InChI is InChI=1S/C30H24ClFN6O3/c1-30(18-9-6-16(7-10-18)8-13-23(39)40)24-26(33)34-28(35-27(24)36-29(30)41)25-20-14-19(31)11-12-22(20)38(37-25)15-17-4-2-3-5-21(17)32/h2-7,9-12,14H,8,13,15H2,1H3,(H,39,40)(H3,33,34,35,36,41)/t30-/m1/s1.